The molecule has 2 amide bonds. The lowest BCUT2D eigenvalue weighted by atomic mass is 9.73. The van der Waals surface area contributed by atoms with Gasteiger partial charge in [0.2, 0.25) is 5.91 Å². The summed E-state index contributed by atoms with van der Waals surface area (Å²) < 4.78 is 0. The number of aromatic amines is 1. The van der Waals surface area contributed by atoms with Gasteiger partial charge in [0.15, 0.2) is 0 Å². The van der Waals surface area contributed by atoms with Crippen molar-refractivity contribution in [3.63, 3.8) is 0 Å². The maximum Gasteiger partial charge on any atom is 0.257 e. The van der Waals surface area contributed by atoms with E-state index in [4.69, 9.17) is 0 Å². The van der Waals surface area contributed by atoms with Crippen LogP contribution in [0.5, 0.6) is 0 Å². The minimum absolute atomic E-state index is 0.0511. The zero-order valence-corrected chi connectivity index (χ0v) is 18.9. The fourth-order valence-corrected chi connectivity index (χ4v) is 4.65. The number of amides is 2. The average Bonchev–Trinajstić information content (AvgIpc) is 3.28. The molecule has 3 aromatic rings. The fourth-order valence-electron chi connectivity index (χ4n) is 4.65. The molecule has 2 N–H and O–H groups in total. The van der Waals surface area contributed by atoms with Crippen molar-refractivity contribution in [3.8, 4) is 11.1 Å². The smallest absolute Gasteiger partial charge is 0.257 e. The Balaban J connectivity index is 1.69. The predicted molar refractivity (Wildman–Crippen MR) is 127 cm³/mol. The first-order valence-electron chi connectivity index (χ1n) is 11.2. The Morgan fingerprint density at radius 2 is 2.09 bits per heavy atom. The molecule has 0 radical (unpaired) electrons. The molecule has 2 aromatic heterocycles. The third kappa shape index (κ3) is 4.72. The van der Waals surface area contributed by atoms with Gasteiger partial charge in [-0.15, -0.1) is 6.58 Å². The molecule has 1 aromatic carbocycles. The number of H-pyrrole nitrogens is 1. The van der Waals surface area contributed by atoms with E-state index in [1.54, 1.807) is 23.4 Å². The number of hydrogen-bond donors (Lipinski definition) is 2. The molecule has 4 rings (SSSR count). The molecule has 7 nitrogen and oxygen atoms in total. The van der Waals surface area contributed by atoms with Crippen LogP contribution in [0.4, 0.5) is 0 Å². The largest absolute Gasteiger partial charge is 0.352 e. The van der Waals surface area contributed by atoms with Gasteiger partial charge in [-0.2, -0.15) is 5.10 Å². The lowest BCUT2D eigenvalue weighted by molar-refractivity contribution is -0.133. The van der Waals surface area contributed by atoms with Crippen LogP contribution in [0, 0.1) is 12.3 Å². The van der Waals surface area contributed by atoms with Gasteiger partial charge in [-0.1, -0.05) is 36.4 Å². The zero-order valence-electron chi connectivity index (χ0n) is 18.9. The first-order valence-corrected chi connectivity index (χ1v) is 11.2. The molecule has 0 unspecified atom stereocenters. The molecule has 3 heterocycles. The number of nitrogens with zero attached hydrogens (tertiary/aromatic N) is 3. The fraction of sp³-hybridized carbons (Fsp3) is 0.308. The average molecular weight is 444 g/mol. The van der Waals surface area contributed by atoms with Crippen LogP contribution < -0.4 is 5.32 Å². The normalized spacial score (nSPS) is 18.0. The highest BCUT2D eigenvalue weighted by molar-refractivity contribution is 5.96. The van der Waals surface area contributed by atoms with E-state index in [2.05, 4.69) is 39.2 Å². The summed E-state index contributed by atoms with van der Waals surface area (Å²) in [6.07, 6.45) is 8.79. The van der Waals surface area contributed by atoms with Gasteiger partial charge in [-0.25, -0.2) is 0 Å². The van der Waals surface area contributed by atoms with E-state index in [1.165, 1.54) is 0 Å². The van der Waals surface area contributed by atoms with E-state index >= 15 is 0 Å². The maximum absolute atomic E-state index is 13.5. The van der Waals surface area contributed by atoms with Gasteiger partial charge in [-0.3, -0.25) is 19.7 Å². The van der Waals surface area contributed by atoms with E-state index in [0.717, 1.165) is 28.8 Å². The molecule has 0 spiro atoms. The van der Waals surface area contributed by atoms with Gasteiger partial charge in [0, 0.05) is 43.3 Å². The number of pyridine rings is 1. The van der Waals surface area contributed by atoms with E-state index in [1.807, 2.05) is 37.4 Å². The van der Waals surface area contributed by atoms with Crippen molar-refractivity contribution in [2.24, 2.45) is 5.41 Å². The number of hydrogen-bond acceptors (Lipinski definition) is 4. The molecule has 1 saturated heterocycles. The summed E-state index contributed by atoms with van der Waals surface area (Å²) in [4.78, 5) is 32.8. The minimum Gasteiger partial charge on any atom is -0.352 e. The van der Waals surface area contributed by atoms with Crippen LogP contribution in [0.2, 0.25) is 0 Å². The highest BCUT2D eigenvalue weighted by Gasteiger charge is 2.44. The summed E-state index contributed by atoms with van der Waals surface area (Å²) in [6, 6.07) is 12.0. The first-order chi connectivity index (χ1) is 16.0. The predicted octanol–water partition coefficient (Wildman–Crippen LogP) is 3.55. The molecule has 1 atom stereocenters. The number of likely N-dealkylation sites (tertiary alicyclic amines) is 1. The van der Waals surface area contributed by atoms with Gasteiger partial charge >= 0.3 is 0 Å². The topological polar surface area (TPSA) is 91.0 Å². The second kappa shape index (κ2) is 9.81. The molecular weight excluding hydrogens is 414 g/mol. The van der Waals surface area contributed by atoms with Gasteiger partial charge in [-0.05, 0) is 43.4 Å². The lowest BCUT2D eigenvalue weighted by Gasteiger charge is -2.42. The van der Waals surface area contributed by atoms with E-state index in [9.17, 15) is 9.59 Å². The molecule has 0 aliphatic carbocycles. The quantitative estimate of drug-likeness (QED) is 0.547. The van der Waals surface area contributed by atoms with Crippen LogP contribution in [0.25, 0.3) is 11.1 Å². The standard InChI is InChI=1S/C26H29N5O2/c1-3-12-28-25(33)26(11-7-14-31(18-26)24(32)23-17-29-30-19(23)2)15-20-8-4-5-10-22(20)21-9-6-13-27-16-21/h3-6,8-10,13,16-17H,1,7,11-12,14-15,18H2,2H3,(H,28,33)(H,29,30)/t26-/m1/s1. The molecule has 1 aliphatic heterocycles. The second-order valence-corrected chi connectivity index (χ2v) is 8.59. The van der Waals surface area contributed by atoms with Crippen LogP contribution in [0.15, 0.2) is 67.6 Å². The molecule has 1 aliphatic rings. The van der Waals surface area contributed by atoms with Crippen molar-refractivity contribution in [2.45, 2.75) is 26.2 Å². The number of carbonyl (C=O) groups is 2. The number of carbonyl (C=O) groups excluding carboxylic acids is 2. The SMILES string of the molecule is C=CCNC(=O)[C@@]1(Cc2ccccc2-c2cccnc2)CCCN(C(=O)c2cn[nH]c2C)C1. The summed E-state index contributed by atoms with van der Waals surface area (Å²) >= 11 is 0. The van der Waals surface area contributed by atoms with E-state index in [-0.39, 0.29) is 11.8 Å². The molecule has 1 fully saturated rings. The molecule has 0 bridgehead atoms. The summed E-state index contributed by atoms with van der Waals surface area (Å²) in [7, 11) is 0. The van der Waals surface area contributed by atoms with Crippen molar-refractivity contribution in [1.29, 1.82) is 0 Å². The first kappa shape index (κ1) is 22.5. The Kier molecular flexibility index (Phi) is 6.68. The second-order valence-electron chi connectivity index (χ2n) is 8.59. The Morgan fingerprint density at radius 3 is 2.82 bits per heavy atom. The minimum atomic E-state index is -0.743. The molecular formula is C26H29N5O2. The maximum atomic E-state index is 13.5. The number of benzene rings is 1. The Hall–Kier alpha value is -3.74. The van der Waals surface area contributed by atoms with Crippen molar-refractivity contribution in [2.75, 3.05) is 19.6 Å². The zero-order chi connectivity index (χ0) is 23.3. The van der Waals surface area contributed by atoms with Gasteiger partial charge in [0.05, 0.1) is 17.2 Å². The lowest BCUT2D eigenvalue weighted by Crippen LogP contribution is -2.54. The summed E-state index contributed by atoms with van der Waals surface area (Å²) in [5.41, 5.74) is 3.66. The number of piperidine rings is 1. The highest BCUT2D eigenvalue weighted by atomic mass is 16.2. The Labute approximate surface area is 193 Å². The van der Waals surface area contributed by atoms with Gasteiger partial charge in [0.25, 0.3) is 5.91 Å². The van der Waals surface area contributed by atoms with Gasteiger partial charge in [0.1, 0.15) is 0 Å². The number of aryl methyl sites for hydroxylation is 1. The third-order valence-electron chi connectivity index (χ3n) is 6.33. The van der Waals surface area contributed by atoms with Crippen molar-refractivity contribution < 1.29 is 9.59 Å². The van der Waals surface area contributed by atoms with Gasteiger partial charge < -0.3 is 10.2 Å². The molecule has 0 saturated carbocycles. The number of nitrogens with one attached hydrogen (secondary N) is 2. The summed E-state index contributed by atoms with van der Waals surface area (Å²) in [5, 5.41) is 9.83. The Bertz CT molecular complexity index is 1140. The van der Waals surface area contributed by atoms with Crippen LogP contribution >= 0.6 is 0 Å². The molecule has 7 heteroatoms. The van der Waals surface area contributed by atoms with Crippen LogP contribution in [0.1, 0.15) is 34.5 Å². The molecule has 170 valence electrons. The highest BCUT2D eigenvalue weighted by Crippen LogP contribution is 2.37. The number of rotatable bonds is 7. The van der Waals surface area contributed by atoms with Crippen LogP contribution in [0.3, 0.4) is 0 Å². The molecule has 33 heavy (non-hydrogen) atoms. The van der Waals surface area contributed by atoms with Crippen molar-refractivity contribution in [1.82, 2.24) is 25.4 Å². The number of aromatic nitrogens is 3. The Morgan fingerprint density at radius 1 is 1.24 bits per heavy atom. The van der Waals surface area contributed by atoms with Crippen molar-refractivity contribution >= 4 is 11.8 Å². The van der Waals surface area contributed by atoms with Crippen LogP contribution in [-0.4, -0.2) is 51.5 Å². The van der Waals surface area contributed by atoms with Crippen molar-refractivity contribution in [3.05, 3.63) is 84.5 Å². The third-order valence-corrected chi connectivity index (χ3v) is 6.33. The monoisotopic (exact) mass is 443 g/mol. The van der Waals surface area contributed by atoms with E-state index < -0.39 is 5.41 Å². The van der Waals surface area contributed by atoms with E-state index in [0.29, 0.717) is 38.0 Å². The summed E-state index contributed by atoms with van der Waals surface area (Å²) in [6.45, 7) is 6.91. The van der Waals surface area contributed by atoms with Crippen LogP contribution in [-0.2, 0) is 11.2 Å². The summed E-state index contributed by atoms with van der Waals surface area (Å²) in [5.74, 6) is -0.146.